The van der Waals surface area contributed by atoms with Crippen LogP contribution in [0.1, 0.15) is 12.8 Å². The second-order valence-electron chi connectivity index (χ2n) is 7.18. The lowest BCUT2D eigenvalue weighted by Crippen LogP contribution is -2.43. The van der Waals surface area contributed by atoms with Crippen LogP contribution in [0.3, 0.4) is 0 Å². The van der Waals surface area contributed by atoms with E-state index in [1.54, 1.807) is 48.5 Å². The Kier molecular flexibility index (Phi) is 5.65. The third kappa shape index (κ3) is 4.27. The summed E-state index contributed by atoms with van der Waals surface area (Å²) in [6, 6.07) is 15.9. The Morgan fingerprint density at radius 3 is 2.70 bits per heavy atom. The van der Waals surface area contributed by atoms with Crippen molar-refractivity contribution in [3.63, 3.8) is 0 Å². The number of hydrogen-bond donors (Lipinski definition) is 2. The van der Waals surface area contributed by atoms with E-state index in [4.69, 9.17) is 0 Å². The van der Waals surface area contributed by atoms with Crippen LogP contribution in [0.25, 0.3) is 11.3 Å². The van der Waals surface area contributed by atoms with Gasteiger partial charge >= 0.3 is 0 Å². The molecule has 156 valence electrons. The van der Waals surface area contributed by atoms with Crippen molar-refractivity contribution < 1.29 is 17.6 Å². The van der Waals surface area contributed by atoms with Gasteiger partial charge in [-0.15, -0.1) is 0 Å². The predicted octanol–water partition coefficient (Wildman–Crippen LogP) is 3.26. The first kappa shape index (κ1) is 20.2. The molecule has 1 amide bonds. The van der Waals surface area contributed by atoms with Crippen molar-refractivity contribution in [1.82, 2.24) is 14.5 Å². The van der Waals surface area contributed by atoms with Gasteiger partial charge in [-0.3, -0.25) is 9.89 Å². The van der Waals surface area contributed by atoms with Crippen LogP contribution in [-0.4, -0.2) is 41.9 Å². The molecule has 0 unspecified atom stereocenters. The van der Waals surface area contributed by atoms with Gasteiger partial charge in [0.1, 0.15) is 5.82 Å². The number of halogens is 1. The lowest BCUT2D eigenvalue weighted by molar-refractivity contribution is -0.120. The summed E-state index contributed by atoms with van der Waals surface area (Å²) in [5, 5.41) is 9.57. The van der Waals surface area contributed by atoms with Crippen molar-refractivity contribution in [3.8, 4) is 11.3 Å². The Hall–Kier alpha value is -3.04. The maximum atomic E-state index is 13.4. The third-order valence-corrected chi connectivity index (χ3v) is 6.98. The highest BCUT2D eigenvalue weighted by molar-refractivity contribution is 7.89. The first-order chi connectivity index (χ1) is 14.4. The number of rotatable bonds is 5. The largest absolute Gasteiger partial charge is 0.309 e. The van der Waals surface area contributed by atoms with E-state index in [2.05, 4.69) is 15.5 Å². The van der Waals surface area contributed by atoms with Crippen LogP contribution in [0.15, 0.2) is 65.6 Å². The van der Waals surface area contributed by atoms with E-state index >= 15 is 0 Å². The number of carbonyl (C=O) groups is 1. The van der Waals surface area contributed by atoms with Crippen LogP contribution in [0.2, 0.25) is 0 Å². The molecule has 0 aliphatic carbocycles. The lowest BCUT2D eigenvalue weighted by Gasteiger charge is -2.31. The van der Waals surface area contributed by atoms with Crippen molar-refractivity contribution in [2.75, 3.05) is 18.4 Å². The number of sulfonamides is 1. The third-order valence-electron chi connectivity index (χ3n) is 5.10. The first-order valence-electron chi connectivity index (χ1n) is 9.61. The number of carbonyl (C=O) groups excluding carboxylic acids is 1. The Morgan fingerprint density at radius 1 is 1.13 bits per heavy atom. The zero-order valence-corrected chi connectivity index (χ0v) is 16.9. The molecule has 1 atom stereocenters. The maximum Gasteiger partial charge on any atom is 0.243 e. The van der Waals surface area contributed by atoms with Crippen molar-refractivity contribution in [2.24, 2.45) is 5.92 Å². The average Bonchev–Trinajstić information content (AvgIpc) is 3.23. The minimum atomic E-state index is -3.64. The quantitative estimate of drug-likeness (QED) is 0.652. The summed E-state index contributed by atoms with van der Waals surface area (Å²) in [7, 11) is -3.64. The Morgan fingerprint density at radius 2 is 1.93 bits per heavy atom. The lowest BCUT2D eigenvalue weighted by atomic mass is 9.99. The van der Waals surface area contributed by atoms with Crippen LogP contribution in [-0.2, 0) is 14.8 Å². The number of anilines is 1. The monoisotopic (exact) mass is 428 g/mol. The molecular formula is C21H21FN4O3S. The van der Waals surface area contributed by atoms with Gasteiger partial charge in [-0.1, -0.05) is 30.3 Å². The zero-order chi connectivity index (χ0) is 21.1. The predicted molar refractivity (Wildman–Crippen MR) is 111 cm³/mol. The highest BCUT2D eigenvalue weighted by Gasteiger charge is 2.33. The number of aromatic amines is 1. The summed E-state index contributed by atoms with van der Waals surface area (Å²) in [6.45, 7) is 0.497. The van der Waals surface area contributed by atoms with Gasteiger partial charge in [-0.2, -0.15) is 9.40 Å². The molecule has 1 aliphatic rings. The Balaban J connectivity index is 1.44. The maximum absolute atomic E-state index is 13.4. The molecule has 1 aromatic heterocycles. The number of hydrogen-bond acceptors (Lipinski definition) is 4. The van der Waals surface area contributed by atoms with Crippen molar-refractivity contribution >= 4 is 21.7 Å². The summed E-state index contributed by atoms with van der Waals surface area (Å²) in [4.78, 5) is 13.0. The number of aromatic nitrogens is 2. The molecule has 2 aromatic carbocycles. The van der Waals surface area contributed by atoms with Gasteiger partial charge in [0.15, 0.2) is 5.82 Å². The molecule has 0 saturated carbocycles. The SMILES string of the molecule is O=C(Nc1cc(-c2cccc(F)c2)[nH]n1)[C@H]1CCCN(S(=O)(=O)c2ccccc2)C1. The molecular weight excluding hydrogens is 407 g/mol. The van der Waals surface area contributed by atoms with E-state index in [-0.39, 0.29) is 23.2 Å². The summed E-state index contributed by atoms with van der Waals surface area (Å²) in [5.41, 5.74) is 1.18. The van der Waals surface area contributed by atoms with Crippen LogP contribution in [0.5, 0.6) is 0 Å². The first-order valence-corrected chi connectivity index (χ1v) is 11.0. The molecule has 2 N–H and O–H groups in total. The van der Waals surface area contributed by atoms with Gasteiger partial charge in [0.2, 0.25) is 15.9 Å². The molecule has 0 radical (unpaired) electrons. The van der Waals surface area contributed by atoms with Gasteiger partial charge in [0.05, 0.1) is 16.5 Å². The number of amides is 1. The molecule has 1 aliphatic heterocycles. The minimum absolute atomic E-state index is 0.115. The molecule has 0 spiro atoms. The standard InChI is InChI=1S/C21H21FN4O3S/c22-17-8-4-6-15(12-17)19-13-20(25-24-19)23-21(27)16-7-5-11-26(14-16)30(28,29)18-9-2-1-3-10-18/h1-4,6,8-10,12-13,16H,5,7,11,14H2,(H2,23,24,25,27)/t16-/m0/s1. The number of piperidine rings is 1. The number of nitrogens with zero attached hydrogens (tertiary/aromatic N) is 2. The van der Waals surface area contributed by atoms with Crippen molar-refractivity contribution in [1.29, 1.82) is 0 Å². The summed E-state index contributed by atoms with van der Waals surface area (Å²) in [5.74, 6) is -0.830. The molecule has 1 fully saturated rings. The minimum Gasteiger partial charge on any atom is -0.309 e. The zero-order valence-electron chi connectivity index (χ0n) is 16.1. The van der Waals surface area contributed by atoms with E-state index in [0.717, 1.165) is 0 Å². The van der Waals surface area contributed by atoms with Crippen molar-refractivity contribution in [2.45, 2.75) is 17.7 Å². The van der Waals surface area contributed by atoms with Gasteiger partial charge in [0, 0.05) is 24.7 Å². The summed E-state index contributed by atoms with van der Waals surface area (Å²) >= 11 is 0. The molecule has 1 saturated heterocycles. The Bertz CT molecular complexity index is 1150. The molecule has 7 nitrogen and oxygen atoms in total. The molecule has 3 aromatic rings. The molecule has 4 rings (SSSR count). The topological polar surface area (TPSA) is 95.2 Å². The van der Waals surface area contributed by atoms with E-state index in [1.807, 2.05) is 0 Å². The highest BCUT2D eigenvalue weighted by atomic mass is 32.2. The number of nitrogens with one attached hydrogen (secondary N) is 2. The van der Waals surface area contributed by atoms with Gasteiger partial charge in [0.25, 0.3) is 0 Å². The van der Waals surface area contributed by atoms with E-state index in [0.29, 0.717) is 36.5 Å². The van der Waals surface area contributed by atoms with Gasteiger partial charge < -0.3 is 5.32 Å². The second kappa shape index (κ2) is 8.37. The fraction of sp³-hybridized carbons (Fsp3) is 0.238. The highest BCUT2D eigenvalue weighted by Crippen LogP contribution is 2.25. The normalized spacial score (nSPS) is 17.6. The average molecular weight is 428 g/mol. The molecule has 30 heavy (non-hydrogen) atoms. The van der Waals surface area contributed by atoms with Crippen molar-refractivity contribution in [3.05, 3.63) is 66.5 Å². The summed E-state index contributed by atoms with van der Waals surface area (Å²) in [6.07, 6.45) is 1.19. The number of H-pyrrole nitrogens is 1. The molecule has 9 heteroatoms. The number of benzene rings is 2. The fourth-order valence-electron chi connectivity index (χ4n) is 3.53. The second-order valence-corrected chi connectivity index (χ2v) is 9.12. The smallest absolute Gasteiger partial charge is 0.243 e. The fourth-order valence-corrected chi connectivity index (χ4v) is 5.08. The molecule has 2 heterocycles. The molecule has 0 bridgehead atoms. The van der Waals surface area contributed by atoms with Gasteiger partial charge in [-0.05, 0) is 37.1 Å². The van der Waals surface area contributed by atoms with Crippen LogP contribution in [0.4, 0.5) is 10.2 Å². The van der Waals surface area contributed by atoms with E-state index < -0.39 is 15.9 Å². The van der Waals surface area contributed by atoms with E-state index in [1.165, 1.54) is 16.4 Å². The van der Waals surface area contributed by atoms with Crippen LogP contribution < -0.4 is 5.32 Å². The van der Waals surface area contributed by atoms with E-state index in [9.17, 15) is 17.6 Å². The van der Waals surface area contributed by atoms with Crippen LogP contribution in [0, 0.1) is 11.7 Å². The summed E-state index contributed by atoms with van der Waals surface area (Å²) < 4.78 is 40.5. The Labute approximate surface area is 174 Å². The van der Waals surface area contributed by atoms with Gasteiger partial charge in [-0.25, -0.2) is 12.8 Å². The van der Waals surface area contributed by atoms with Crippen LogP contribution >= 0.6 is 0 Å².